The molecule has 0 spiro atoms. The molecule has 0 saturated heterocycles. The highest BCUT2D eigenvalue weighted by Gasteiger charge is 2.42. The third-order valence-corrected chi connectivity index (χ3v) is 4.48. The molecule has 1 aliphatic rings. The van der Waals surface area contributed by atoms with E-state index in [1.807, 2.05) is 49.3 Å². The van der Waals surface area contributed by atoms with Crippen LogP contribution in [-0.4, -0.2) is 40.8 Å². The number of benzene rings is 1. The Bertz CT molecular complexity index is 858. The van der Waals surface area contributed by atoms with Gasteiger partial charge in [-0.1, -0.05) is 18.2 Å². The summed E-state index contributed by atoms with van der Waals surface area (Å²) in [7, 11) is 3.88. The zero-order valence-corrected chi connectivity index (χ0v) is 15.0. The fourth-order valence-electron chi connectivity index (χ4n) is 3.17. The zero-order valence-electron chi connectivity index (χ0n) is 15.0. The Balaban J connectivity index is 2.02. The van der Waals surface area contributed by atoms with Gasteiger partial charge in [-0.3, -0.25) is 14.6 Å². The van der Waals surface area contributed by atoms with E-state index >= 15 is 0 Å². The first-order valence-corrected chi connectivity index (χ1v) is 8.31. The minimum absolute atomic E-state index is 0.136. The topological polar surface area (TPSA) is 73.7 Å². The van der Waals surface area contributed by atoms with Gasteiger partial charge in [0.1, 0.15) is 0 Å². The molecule has 2 aromatic rings. The van der Waals surface area contributed by atoms with E-state index < -0.39 is 17.7 Å². The number of pyridine rings is 1. The van der Waals surface area contributed by atoms with E-state index in [-0.39, 0.29) is 17.9 Å². The number of ketones is 1. The smallest absolute Gasteiger partial charge is 0.290 e. The van der Waals surface area contributed by atoms with Crippen LogP contribution in [0.3, 0.4) is 0 Å². The average molecular weight is 351 g/mol. The van der Waals surface area contributed by atoms with Crippen LogP contribution in [0.15, 0.2) is 60.1 Å². The fourth-order valence-corrected chi connectivity index (χ4v) is 3.17. The molecule has 6 nitrogen and oxygen atoms in total. The number of carbonyl (C=O) groups excluding carboxylic acids is 2. The summed E-state index contributed by atoms with van der Waals surface area (Å²) < 4.78 is 0. The molecule has 1 aliphatic heterocycles. The van der Waals surface area contributed by atoms with Crippen molar-refractivity contribution in [3.63, 3.8) is 0 Å². The van der Waals surface area contributed by atoms with Gasteiger partial charge in [0.25, 0.3) is 5.91 Å². The number of aliphatic hydroxyl groups is 1. The molecule has 0 aliphatic carbocycles. The lowest BCUT2D eigenvalue weighted by Crippen LogP contribution is -2.30. The molecule has 1 aromatic heterocycles. The molecule has 26 heavy (non-hydrogen) atoms. The van der Waals surface area contributed by atoms with Gasteiger partial charge in [-0.05, 0) is 36.2 Å². The number of aromatic nitrogens is 1. The van der Waals surface area contributed by atoms with Gasteiger partial charge >= 0.3 is 0 Å². The molecule has 1 aromatic carbocycles. The largest absolute Gasteiger partial charge is 0.503 e. The Labute approximate surface area is 152 Å². The maximum Gasteiger partial charge on any atom is 0.290 e. The summed E-state index contributed by atoms with van der Waals surface area (Å²) in [5.41, 5.74) is 2.75. The fraction of sp³-hybridized carbons (Fsp3) is 0.250. The highest BCUT2D eigenvalue weighted by molar-refractivity contribution is 6.08. The van der Waals surface area contributed by atoms with E-state index in [2.05, 4.69) is 4.98 Å². The predicted octanol–water partition coefficient (Wildman–Crippen LogP) is 2.63. The summed E-state index contributed by atoms with van der Waals surface area (Å²) in [6.45, 7) is 1.63. The number of Topliss-reactive ketones (excluding diaryl/α,β-unsaturated/α-hetero) is 1. The minimum Gasteiger partial charge on any atom is -0.503 e. The number of amides is 1. The van der Waals surface area contributed by atoms with Crippen LogP contribution in [-0.2, 0) is 16.1 Å². The molecule has 0 unspecified atom stereocenters. The van der Waals surface area contributed by atoms with Gasteiger partial charge in [-0.2, -0.15) is 0 Å². The molecule has 0 fully saturated rings. The normalized spacial score (nSPS) is 17.0. The number of carbonyl (C=O) groups is 2. The summed E-state index contributed by atoms with van der Waals surface area (Å²) in [6.07, 6.45) is 3.33. The second kappa shape index (κ2) is 7.00. The van der Waals surface area contributed by atoms with E-state index in [0.717, 1.165) is 16.8 Å². The second-order valence-electron chi connectivity index (χ2n) is 6.50. The van der Waals surface area contributed by atoms with Crippen LogP contribution in [0.2, 0.25) is 0 Å². The maximum atomic E-state index is 12.6. The predicted molar refractivity (Wildman–Crippen MR) is 98.6 cm³/mol. The molecule has 1 amide bonds. The molecular weight excluding hydrogens is 330 g/mol. The SMILES string of the molecule is CC(=O)C1=C(O)C(=O)N(Cc2cccnc2)[C@@H]1c1ccc(N(C)C)cc1. The maximum absolute atomic E-state index is 12.6. The van der Waals surface area contributed by atoms with Crippen LogP contribution in [0.1, 0.15) is 24.1 Å². The lowest BCUT2D eigenvalue weighted by molar-refractivity contribution is -0.130. The molecule has 0 saturated carbocycles. The van der Waals surface area contributed by atoms with Gasteiger partial charge in [0.15, 0.2) is 11.5 Å². The Morgan fingerprint density at radius 1 is 1.23 bits per heavy atom. The van der Waals surface area contributed by atoms with Crippen molar-refractivity contribution in [2.75, 3.05) is 19.0 Å². The van der Waals surface area contributed by atoms with Crippen LogP contribution in [0.5, 0.6) is 0 Å². The molecule has 134 valence electrons. The lowest BCUT2D eigenvalue weighted by atomic mass is 9.96. The van der Waals surface area contributed by atoms with Gasteiger partial charge < -0.3 is 14.9 Å². The van der Waals surface area contributed by atoms with Gasteiger partial charge in [0, 0.05) is 38.7 Å². The van der Waals surface area contributed by atoms with Crippen molar-refractivity contribution in [2.24, 2.45) is 0 Å². The first-order valence-electron chi connectivity index (χ1n) is 8.31. The quantitative estimate of drug-likeness (QED) is 0.896. The highest BCUT2D eigenvalue weighted by Crippen LogP contribution is 2.39. The third-order valence-electron chi connectivity index (χ3n) is 4.48. The van der Waals surface area contributed by atoms with Crippen LogP contribution in [0.4, 0.5) is 5.69 Å². The van der Waals surface area contributed by atoms with Crippen molar-refractivity contribution in [3.8, 4) is 0 Å². The van der Waals surface area contributed by atoms with Gasteiger partial charge in [0.05, 0.1) is 11.6 Å². The van der Waals surface area contributed by atoms with Crippen molar-refractivity contribution < 1.29 is 14.7 Å². The van der Waals surface area contributed by atoms with Crippen LogP contribution >= 0.6 is 0 Å². The molecular formula is C20H21N3O3. The lowest BCUT2D eigenvalue weighted by Gasteiger charge is -2.27. The molecule has 1 atom stereocenters. The number of anilines is 1. The minimum atomic E-state index is -0.614. The van der Waals surface area contributed by atoms with Gasteiger partial charge in [0.2, 0.25) is 0 Å². The van der Waals surface area contributed by atoms with Crippen LogP contribution < -0.4 is 4.90 Å². The van der Waals surface area contributed by atoms with E-state index in [1.165, 1.54) is 11.8 Å². The zero-order chi connectivity index (χ0) is 18.8. The Morgan fingerprint density at radius 2 is 1.92 bits per heavy atom. The number of nitrogens with zero attached hydrogens (tertiary/aromatic N) is 3. The van der Waals surface area contributed by atoms with Crippen molar-refractivity contribution in [2.45, 2.75) is 19.5 Å². The van der Waals surface area contributed by atoms with Gasteiger partial charge in [-0.25, -0.2) is 0 Å². The Kier molecular flexibility index (Phi) is 4.75. The highest BCUT2D eigenvalue weighted by atomic mass is 16.3. The third kappa shape index (κ3) is 3.18. The summed E-state index contributed by atoms with van der Waals surface area (Å²) in [5.74, 6) is -1.32. The summed E-state index contributed by atoms with van der Waals surface area (Å²) in [4.78, 5) is 32.3. The van der Waals surface area contributed by atoms with E-state index in [4.69, 9.17) is 0 Å². The second-order valence-corrected chi connectivity index (χ2v) is 6.50. The standard InChI is InChI=1S/C20H21N3O3/c1-13(24)17-18(15-6-8-16(9-7-15)22(2)3)23(20(26)19(17)25)12-14-5-4-10-21-11-14/h4-11,18,25H,12H2,1-3H3/t18-/m1/s1. The van der Waals surface area contributed by atoms with E-state index in [0.29, 0.717) is 0 Å². The Morgan fingerprint density at radius 3 is 2.46 bits per heavy atom. The molecule has 2 heterocycles. The number of aliphatic hydroxyl groups excluding tert-OH is 1. The number of hydrogen-bond acceptors (Lipinski definition) is 5. The average Bonchev–Trinajstić information content (AvgIpc) is 2.87. The van der Waals surface area contributed by atoms with E-state index in [9.17, 15) is 14.7 Å². The molecule has 1 N–H and O–H groups in total. The molecule has 0 bridgehead atoms. The van der Waals surface area contributed by atoms with Gasteiger partial charge in [-0.15, -0.1) is 0 Å². The van der Waals surface area contributed by atoms with Crippen molar-refractivity contribution >= 4 is 17.4 Å². The molecule has 0 radical (unpaired) electrons. The van der Waals surface area contributed by atoms with Crippen molar-refractivity contribution in [1.29, 1.82) is 0 Å². The van der Waals surface area contributed by atoms with Crippen LogP contribution in [0, 0.1) is 0 Å². The number of rotatable bonds is 5. The first kappa shape index (κ1) is 17.7. The monoisotopic (exact) mass is 351 g/mol. The Hall–Kier alpha value is -3.15. The number of hydrogen-bond donors (Lipinski definition) is 1. The van der Waals surface area contributed by atoms with E-state index in [1.54, 1.807) is 18.5 Å². The van der Waals surface area contributed by atoms with Crippen molar-refractivity contribution in [3.05, 3.63) is 71.3 Å². The van der Waals surface area contributed by atoms with Crippen LogP contribution in [0.25, 0.3) is 0 Å². The molecule has 3 rings (SSSR count). The molecule has 6 heteroatoms. The first-order chi connectivity index (χ1) is 12.4. The summed E-state index contributed by atoms with van der Waals surface area (Å²) in [6, 6.07) is 10.6. The summed E-state index contributed by atoms with van der Waals surface area (Å²) >= 11 is 0. The van der Waals surface area contributed by atoms with Crippen molar-refractivity contribution in [1.82, 2.24) is 9.88 Å². The summed E-state index contributed by atoms with van der Waals surface area (Å²) in [5, 5.41) is 10.3.